The number of rotatable bonds is 6. The molecule has 0 aliphatic heterocycles. The predicted octanol–water partition coefficient (Wildman–Crippen LogP) is 3.50. The van der Waals surface area contributed by atoms with Crippen LogP contribution in [-0.2, 0) is 21.5 Å². The highest BCUT2D eigenvalue weighted by Gasteiger charge is 2.27. The van der Waals surface area contributed by atoms with Crippen molar-refractivity contribution in [2.24, 2.45) is 0 Å². The fraction of sp³-hybridized carbons (Fsp3) is 0.562. The summed E-state index contributed by atoms with van der Waals surface area (Å²) in [6.45, 7) is 7.20. The molecule has 0 aliphatic carbocycles. The van der Waals surface area contributed by atoms with Crippen LogP contribution in [0.3, 0.4) is 0 Å². The number of hydrogen-bond acceptors (Lipinski definition) is 4. The number of ether oxygens (including phenoxy) is 1. The van der Waals surface area contributed by atoms with Crippen LogP contribution >= 0.6 is 0 Å². The second-order valence-electron chi connectivity index (χ2n) is 6.47. The topological polar surface area (TPSA) is 63.7 Å². The van der Waals surface area contributed by atoms with E-state index in [9.17, 15) is 17.1 Å². The highest BCUT2D eigenvalue weighted by molar-refractivity contribution is 7.86. The first-order chi connectivity index (χ1) is 10.5. The summed E-state index contributed by atoms with van der Waals surface area (Å²) < 4.78 is 39.5. The Kier molecular flexibility index (Phi) is 6.56. The number of benzene rings is 1. The van der Waals surface area contributed by atoms with Gasteiger partial charge in [0.15, 0.2) is 0 Å². The zero-order valence-electron chi connectivity index (χ0n) is 14.0. The van der Waals surface area contributed by atoms with Gasteiger partial charge in [0.25, 0.3) is 0 Å². The second-order valence-corrected chi connectivity index (χ2v) is 7.96. The summed E-state index contributed by atoms with van der Waals surface area (Å²) >= 11 is 0. The quantitative estimate of drug-likeness (QED) is 0.740. The van der Waals surface area contributed by atoms with E-state index < -0.39 is 33.7 Å². The molecule has 0 aromatic heterocycles. The molecule has 0 heterocycles. The van der Waals surface area contributed by atoms with Crippen LogP contribution in [-0.4, -0.2) is 36.8 Å². The zero-order chi connectivity index (χ0) is 17.7. The van der Waals surface area contributed by atoms with E-state index in [0.717, 1.165) is 5.56 Å². The molecule has 0 bridgehead atoms. The molecule has 1 amide bonds. The van der Waals surface area contributed by atoms with E-state index in [4.69, 9.17) is 4.74 Å². The number of hydrogen-bond donors (Lipinski definition) is 0. The Morgan fingerprint density at radius 3 is 2.30 bits per heavy atom. The number of carbonyl (C=O) groups is 1. The summed E-state index contributed by atoms with van der Waals surface area (Å²) in [5.74, 6) is -0.623. The van der Waals surface area contributed by atoms with Gasteiger partial charge in [-0.25, -0.2) is 4.79 Å². The van der Waals surface area contributed by atoms with E-state index in [0.29, 0.717) is 0 Å². The van der Waals surface area contributed by atoms with Gasteiger partial charge in [-0.1, -0.05) is 30.3 Å². The van der Waals surface area contributed by atoms with Gasteiger partial charge in [0.2, 0.25) is 0 Å². The van der Waals surface area contributed by atoms with Crippen LogP contribution in [0.2, 0.25) is 0 Å². The molecule has 0 saturated heterocycles. The van der Waals surface area contributed by atoms with Gasteiger partial charge < -0.3 is 9.64 Å². The van der Waals surface area contributed by atoms with Crippen molar-refractivity contribution in [3.05, 3.63) is 35.9 Å². The smallest absolute Gasteiger partial charge is 0.410 e. The Morgan fingerprint density at radius 1 is 1.26 bits per heavy atom. The molecular weight excluding hydrogens is 321 g/mol. The lowest BCUT2D eigenvalue weighted by Gasteiger charge is -2.31. The molecule has 1 aromatic rings. The van der Waals surface area contributed by atoms with Crippen molar-refractivity contribution in [2.75, 3.05) is 5.75 Å². The minimum atomic E-state index is -4.57. The molecule has 0 fully saturated rings. The predicted molar refractivity (Wildman–Crippen MR) is 87.2 cm³/mol. The van der Waals surface area contributed by atoms with Crippen LogP contribution in [0.15, 0.2) is 30.3 Å². The molecule has 130 valence electrons. The largest absolute Gasteiger partial charge is 0.444 e. The molecule has 0 radical (unpaired) electrons. The zero-order valence-corrected chi connectivity index (χ0v) is 14.8. The summed E-state index contributed by atoms with van der Waals surface area (Å²) in [4.78, 5) is 13.8. The molecule has 1 rings (SSSR count). The summed E-state index contributed by atoms with van der Waals surface area (Å²) in [7, 11) is -4.57. The lowest BCUT2D eigenvalue weighted by atomic mass is 10.1. The van der Waals surface area contributed by atoms with E-state index in [2.05, 4.69) is 0 Å². The van der Waals surface area contributed by atoms with Gasteiger partial charge in [-0.2, -0.15) is 8.42 Å². The molecular formula is C16H24FNO4S. The van der Waals surface area contributed by atoms with Crippen molar-refractivity contribution in [3.63, 3.8) is 0 Å². The van der Waals surface area contributed by atoms with Crippen molar-refractivity contribution in [1.82, 2.24) is 4.90 Å². The maximum atomic E-state index is 12.7. The van der Waals surface area contributed by atoms with Crippen molar-refractivity contribution in [1.29, 1.82) is 0 Å². The van der Waals surface area contributed by atoms with Crippen LogP contribution in [0.1, 0.15) is 39.7 Å². The van der Waals surface area contributed by atoms with Crippen molar-refractivity contribution >= 4 is 16.3 Å². The molecule has 0 N–H and O–H groups in total. The third kappa shape index (κ3) is 7.97. The SMILES string of the molecule is CC(CCS(=O)(=O)F)N(Cc1ccccc1)C(=O)OC(C)(C)C. The maximum Gasteiger partial charge on any atom is 0.410 e. The third-order valence-electron chi connectivity index (χ3n) is 3.14. The maximum absolute atomic E-state index is 12.7. The molecule has 0 aliphatic rings. The van der Waals surface area contributed by atoms with Gasteiger partial charge in [0.05, 0.1) is 5.75 Å². The highest BCUT2D eigenvalue weighted by Crippen LogP contribution is 2.17. The van der Waals surface area contributed by atoms with E-state index in [1.807, 2.05) is 30.3 Å². The average molecular weight is 345 g/mol. The Bertz CT molecular complexity index is 611. The molecule has 5 nitrogen and oxygen atoms in total. The normalized spacial score (nSPS) is 13.4. The van der Waals surface area contributed by atoms with Crippen LogP contribution in [0, 0.1) is 0 Å². The lowest BCUT2D eigenvalue weighted by molar-refractivity contribution is 0.0152. The van der Waals surface area contributed by atoms with Gasteiger partial charge in [0, 0.05) is 12.6 Å². The monoisotopic (exact) mass is 345 g/mol. The Balaban J connectivity index is 2.89. The Morgan fingerprint density at radius 2 is 1.83 bits per heavy atom. The summed E-state index contributed by atoms with van der Waals surface area (Å²) in [6.07, 6.45) is -0.546. The molecule has 23 heavy (non-hydrogen) atoms. The first-order valence-corrected chi connectivity index (χ1v) is 8.99. The minimum Gasteiger partial charge on any atom is -0.444 e. The number of carbonyl (C=O) groups excluding carboxylic acids is 1. The Hall–Kier alpha value is -1.63. The van der Waals surface area contributed by atoms with Crippen LogP contribution in [0.4, 0.5) is 8.68 Å². The standard InChI is InChI=1S/C16H24FNO4S/c1-13(10-11-23(17,20)21)18(15(19)22-16(2,3)4)12-14-8-6-5-7-9-14/h5-9,13H,10-12H2,1-4H3. The van der Waals surface area contributed by atoms with Crippen molar-refractivity contribution in [3.8, 4) is 0 Å². The highest BCUT2D eigenvalue weighted by atomic mass is 32.3. The first kappa shape index (κ1) is 19.4. The fourth-order valence-corrected chi connectivity index (χ4v) is 2.59. The van der Waals surface area contributed by atoms with Gasteiger partial charge in [-0.15, -0.1) is 3.89 Å². The van der Waals surface area contributed by atoms with Crippen molar-refractivity contribution in [2.45, 2.75) is 52.3 Å². The molecule has 7 heteroatoms. The van der Waals surface area contributed by atoms with Gasteiger partial charge in [-0.3, -0.25) is 0 Å². The number of halogens is 1. The first-order valence-electron chi connectivity index (χ1n) is 7.44. The average Bonchev–Trinajstić information content (AvgIpc) is 2.40. The summed E-state index contributed by atoms with van der Waals surface area (Å²) in [6, 6.07) is 8.79. The van der Waals surface area contributed by atoms with Crippen LogP contribution in [0.5, 0.6) is 0 Å². The van der Waals surface area contributed by atoms with E-state index in [-0.39, 0.29) is 13.0 Å². The van der Waals surface area contributed by atoms with E-state index in [1.54, 1.807) is 27.7 Å². The molecule has 1 unspecified atom stereocenters. The Labute approximate surface area is 137 Å². The molecule has 1 aromatic carbocycles. The number of amides is 1. The molecule has 0 saturated carbocycles. The van der Waals surface area contributed by atoms with Crippen molar-refractivity contribution < 1.29 is 21.8 Å². The van der Waals surface area contributed by atoms with Crippen LogP contribution < -0.4 is 0 Å². The summed E-state index contributed by atoms with van der Waals surface area (Å²) in [5, 5.41) is 0. The lowest BCUT2D eigenvalue weighted by Crippen LogP contribution is -2.42. The minimum absolute atomic E-state index is 0.00487. The van der Waals surface area contributed by atoms with Gasteiger partial charge >= 0.3 is 16.3 Å². The van der Waals surface area contributed by atoms with E-state index >= 15 is 0 Å². The van der Waals surface area contributed by atoms with Gasteiger partial charge in [-0.05, 0) is 39.7 Å². The third-order valence-corrected chi connectivity index (χ3v) is 3.86. The van der Waals surface area contributed by atoms with Gasteiger partial charge in [0.1, 0.15) is 5.60 Å². The molecule has 1 atom stereocenters. The van der Waals surface area contributed by atoms with E-state index in [1.165, 1.54) is 4.90 Å². The fourth-order valence-electron chi connectivity index (χ4n) is 1.97. The molecule has 0 spiro atoms. The second kappa shape index (κ2) is 7.77. The number of nitrogens with zero attached hydrogens (tertiary/aromatic N) is 1. The summed E-state index contributed by atoms with van der Waals surface area (Å²) in [5.41, 5.74) is 0.214. The van der Waals surface area contributed by atoms with Crippen LogP contribution in [0.25, 0.3) is 0 Å².